The Balaban J connectivity index is 2.88. The van der Waals surface area contributed by atoms with Gasteiger partial charge in [-0.05, 0) is 11.8 Å². The van der Waals surface area contributed by atoms with Gasteiger partial charge in [-0.1, -0.05) is 32.5 Å². The minimum Gasteiger partial charge on any atom is -0.481 e. The highest BCUT2D eigenvalue weighted by Gasteiger charge is 2.16. The van der Waals surface area contributed by atoms with Crippen LogP contribution in [0.25, 0.3) is 0 Å². The number of hydrogen-bond donors (Lipinski definition) is 1. The van der Waals surface area contributed by atoms with Gasteiger partial charge in [0.2, 0.25) is 0 Å². The second-order valence-corrected chi connectivity index (χ2v) is 5.92. The molecule has 5 nitrogen and oxygen atoms in total. The highest BCUT2D eigenvalue weighted by molar-refractivity contribution is 7.99. The van der Waals surface area contributed by atoms with Gasteiger partial charge in [-0.25, -0.2) is 4.98 Å². The predicted molar refractivity (Wildman–Crippen MR) is 75.7 cm³/mol. The van der Waals surface area contributed by atoms with Crippen molar-refractivity contribution in [3.05, 3.63) is 11.9 Å². The molecule has 108 valence electrons. The number of aromatic nitrogens is 2. The number of nitrogens with zero attached hydrogens (tertiary/aromatic N) is 2. The van der Waals surface area contributed by atoms with E-state index in [9.17, 15) is 4.79 Å². The summed E-state index contributed by atoms with van der Waals surface area (Å²) in [6.45, 7) is 7.81. The van der Waals surface area contributed by atoms with Crippen molar-refractivity contribution in [3.63, 3.8) is 0 Å². The number of carbonyl (C=O) groups is 1. The molecular formula is C13H22N2O3S. The van der Waals surface area contributed by atoms with E-state index in [0.29, 0.717) is 18.4 Å². The van der Waals surface area contributed by atoms with Gasteiger partial charge >= 0.3 is 5.97 Å². The molecule has 1 aromatic rings. The number of imidazole rings is 1. The Bertz CT molecular complexity index is 418. The molecule has 6 heteroatoms. The molecule has 19 heavy (non-hydrogen) atoms. The van der Waals surface area contributed by atoms with Crippen molar-refractivity contribution in [2.24, 2.45) is 5.92 Å². The van der Waals surface area contributed by atoms with Crippen LogP contribution in [0.4, 0.5) is 0 Å². The molecule has 0 saturated carbocycles. The van der Waals surface area contributed by atoms with Gasteiger partial charge in [0.15, 0.2) is 5.16 Å². The third-order valence-corrected chi connectivity index (χ3v) is 3.69. The summed E-state index contributed by atoms with van der Waals surface area (Å²) in [7, 11) is 1.69. The lowest BCUT2D eigenvalue weighted by molar-refractivity contribution is -0.133. The molecular weight excluding hydrogens is 264 g/mol. The molecule has 1 heterocycles. The Labute approximate surface area is 118 Å². The van der Waals surface area contributed by atoms with Crippen molar-refractivity contribution in [2.45, 2.75) is 38.4 Å². The van der Waals surface area contributed by atoms with E-state index >= 15 is 0 Å². The lowest BCUT2D eigenvalue weighted by Gasteiger charge is -2.17. The van der Waals surface area contributed by atoms with E-state index in [4.69, 9.17) is 9.84 Å². The van der Waals surface area contributed by atoms with Crippen LogP contribution in [0.1, 0.15) is 32.4 Å². The summed E-state index contributed by atoms with van der Waals surface area (Å²) >= 11 is 1.26. The Morgan fingerprint density at radius 3 is 2.74 bits per heavy atom. The topological polar surface area (TPSA) is 64.4 Å². The van der Waals surface area contributed by atoms with Crippen LogP contribution in [-0.2, 0) is 16.1 Å². The molecule has 0 spiro atoms. The second-order valence-electron chi connectivity index (χ2n) is 4.97. The van der Waals surface area contributed by atoms with Gasteiger partial charge in [0, 0.05) is 25.5 Å². The van der Waals surface area contributed by atoms with E-state index in [1.807, 2.05) is 6.20 Å². The minimum absolute atomic E-state index is 0.0349. The number of hydrogen-bond acceptors (Lipinski definition) is 4. The number of thioether (sulfide) groups is 1. The summed E-state index contributed by atoms with van der Waals surface area (Å²) < 4.78 is 7.27. The molecule has 1 N–H and O–H groups in total. The van der Waals surface area contributed by atoms with Crippen molar-refractivity contribution in [2.75, 3.05) is 19.5 Å². The zero-order valence-electron chi connectivity index (χ0n) is 11.9. The van der Waals surface area contributed by atoms with Gasteiger partial charge in [-0.3, -0.25) is 4.79 Å². The zero-order valence-corrected chi connectivity index (χ0v) is 12.7. The molecule has 1 rings (SSSR count). The van der Waals surface area contributed by atoms with Crippen LogP contribution in [-0.4, -0.2) is 40.1 Å². The SMILES string of the molecule is COCC(C)Cn1c(C(C)C)cnc1SCC(=O)O. The van der Waals surface area contributed by atoms with Gasteiger partial charge in [0.05, 0.1) is 12.4 Å². The van der Waals surface area contributed by atoms with Crippen LogP contribution in [0.3, 0.4) is 0 Å². The smallest absolute Gasteiger partial charge is 0.313 e. The van der Waals surface area contributed by atoms with E-state index in [0.717, 1.165) is 17.4 Å². The summed E-state index contributed by atoms with van der Waals surface area (Å²) in [5.74, 6) is -0.0642. The first-order valence-corrected chi connectivity index (χ1v) is 7.33. The number of methoxy groups -OCH3 is 1. The van der Waals surface area contributed by atoms with E-state index in [-0.39, 0.29) is 5.75 Å². The van der Waals surface area contributed by atoms with Gasteiger partial charge in [-0.15, -0.1) is 0 Å². The lowest BCUT2D eigenvalue weighted by atomic mass is 10.1. The van der Waals surface area contributed by atoms with Gasteiger partial charge in [0.1, 0.15) is 0 Å². The monoisotopic (exact) mass is 286 g/mol. The predicted octanol–water partition coefficient (Wildman–Crippen LogP) is 2.47. The van der Waals surface area contributed by atoms with E-state index in [2.05, 4.69) is 30.3 Å². The Kier molecular flexibility index (Phi) is 6.37. The molecule has 0 aliphatic carbocycles. The molecule has 0 aromatic carbocycles. The van der Waals surface area contributed by atoms with Crippen LogP contribution >= 0.6 is 11.8 Å². The first-order chi connectivity index (χ1) is 8.95. The molecule has 1 aromatic heterocycles. The average molecular weight is 286 g/mol. The first-order valence-electron chi connectivity index (χ1n) is 6.34. The molecule has 0 saturated heterocycles. The number of ether oxygens (including phenoxy) is 1. The molecule has 1 unspecified atom stereocenters. The minimum atomic E-state index is -0.824. The third-order valence-electron chi connectivity index (χ3n) is 2.71. The van der Waals surface area contributed by atoms with Crippen LogP contribution in [0, 0.1) is 5.92 Å². The molecule has 0 fully saturated rings. The highest BCUT2D eigenvalue weighted by Crippen LogP contribution is 2.24. The van der Waals surface area contributed by atoms with Crippen molar-refractivity contribution >= 4 is 17.7 Å². The molecule has 1 atom stereocenters. The summed E-state index contributed by atoms with van der Waals surface area (Å²) in [5.41, 5.74) is 1.14. The third kappa shape index (κ3) is 4.87. The van der Waals surface area contributed by atoms with E-state index < -0.39 is 5.97 Å². The summed E-state index contributed by atoms with van der Waals surface area (Å²) in [4.78, 5) is 15.0. The maximum Gasteiger partial charge on any atom is 0.313 e. The summed E-state index contributed by atoms with van der Waals surface area (Å²) in [6.07, 6.45) is 1.84. The average Bonchev–Trinajstić information content (AvgIpc) is 2.69. The van der Waals surface area contributed by atoms with Crippen LogP contribution in [0.2, 0.25) is 0 Å². The molecule has 0 bridgehead atoms. The van der Waals surface area contributed by atoms with E-state index in [1.54, 1.807) is 7.11 Å². The van der Waals surface area contributed by atoms with Crippen LogP contribution in [0.5, 0.6) is 0 Å². The van der Waals surface area contributed by atoms with Crippen LogP contribution < -0.4 is 0 Å². The number of carboxylic acids is 1. The first kappa shape index (κ1) is 16.0. The Morgan fingerprint density at radius 1 is 1.53 bits per heavy atom. The van der Waals surface area contributed by atoms with Crippen molar-refractivity contribution in [1.29, 1.82) is 0 Å². The van der Waals surface area contributed by atoms with Crippen molar-refractivity contribution in [3.8, 4) is 0 Å². The van der Waals surface area contributed by atoms with Gasteiger partial charge in [-0.2, -0.15) is 0 Å². The fraction of sp³-hybridized carbons (Fsp3) is 0.692. The standard InChI is InChI=1S/C13H22N2O3S/c1-9(2)11-5-14-13(19-8-12(16)17)15(11)6-10(3)7-18-4/h5,9-10H,6-8H2,1-4H3,(H,16,17). The summed E-state index contributed by atoms with van der Waals surface area (Å²) in [5, 5.41) is 9.54. The van der Waals surface area contributed by atoms with Crippen molar-refractivity contribution < 1.29 is 14.6 Å². The maximum absolute atomic E-state index is 10.7. The molecule has 0 aliphatic rings. The molecule has 0 amide bonds. The van der Waals surface area contributed by atoms with Gasteiger partial charge in [0.25, 0.3) is 0 Å². The normalized spacial score (nSPS) is 12.9. The zero-order chi connectivity index (χ0) is 14.4. The van der Waals surface area contributed by atoms with Gasteiger partial charge < -0.3 is 14.4 Å². The fourth-order valence-electron chi connectivity index (χ4n) is 1.91. The molecule has 0 radical (unpaired) electrons. The Hall–Kier alpha value is -1.01. The largest absolute Gasteiger partial charge is 0.481 e. The maximum atomic E-state index is 10.7. The number of carboxylic acid groups (broad SMARTS) is 1. The lowest BCUT2D eigenvalue weighted by Crippen LogP contribution is -2.16. The quantitative estimate of drug-likeness (QED) is 0.744. The highest BCUT2D eigenvalue weighted by atomic mass is 32.2. The number of aliphatic carboxylic acids is 1. The Morgan fingerprint density at radius 2 is 2.21 bits per heavy atom. The summed E-state index contributed by atoms with van der Waals surface area (Å²) in [6, 6.07) is 0. The second kappa shape index (κ2) is 7.55. The van der Waals surface area contributed by atoms with Crippen molar-refractivity contribution in [1.82, 2.24) is 9.55 Å². The molecule has 0 aliphatic heterocycles. The van der Waals surface area contributed by atoms with Crippen LogP contribution in [0.15, 0.2) is 11.4 Å². The number of rotatable bonds is 8. The fourth-order valence-corrected chi connectivity index (χ4v) is 2.62. The van der Waals surface area contributed by atoms with E-state index in [1.165, 1.54) is 11.8 Å².